The van der Waals surface area contributed by atoms with Crippen LogP contribution in [0.2, 0.25) is 5.02 Å². The Morgan fingerprint density at radius 2 is 2.06 bits per heavy atom. The van der Waals surface area contributed by atoms with Gasteiger partial charge in [-0.3, -0.25) is 10.1 Å². The van der Waals surface area contributed by atoms with Crippen LogP contribution in [0.4, 0.5) is 4.79 Å². The quantitative estimate of drug-likeness (QED) is 0.701. The summed E-state index contributed by atoms with van der Waals surface area (Å²) in [5.41, 5.74) is 10.7. The SMILES string of the molecule is NC(=O)NC(=O)COc1ccc(C(N)=S)c(Cl)c1. The molecule has 0 bridgehead atoms. The number of hydrogen-bond donors (Lipinski definition) is 3. The minimum absolute atomic E-state index is 0.165. The van der Waals surface area contributed by atoms with Gasteiger partial charge in [-0.05, 0) is 18.2 Å². The first-order valence-electron chi connectivity index (χ1n) is 4.71. The molecule has 18 heavy (non-hydrogen) atoms. The zero-order valence-corrected chi connectivity index (χ0v) is 10.7. The fourth-order valence-corrected chi connectivity index (χ4v) is 1.61. The van der Waals surface area contributed by atoms with Gasteiger partial charge in [-0.2, -0.15) is 0 Å². The molecule has 0 aliphatic rings. The molecule has 0 saturated heterocycles. The summed E-state index contributed by atoms with van der Waals surface area (Å²) in [5, 5.41) is 2.17. The van der Waals surface area contributed by atoms with E-state index in [2.05, 4.69) is 0 Å². The minimum Gasteiger partial charge on any atom is -0.484 e. The van der Waals surface area contributed by atoms with Gasteiger partial charge in [0.15, 0.2) is 6.61 Å². The summed E-state index contributed by atoms with van der Waals surface area (Å²) in [6.07, 6.45) is 0. The van der Waals surface area contributed by atoms with Crippen molar-refractivity contribution in [3.05, 3.63) is 28.8 Å². The predicted octanol–water partition coefficient (Wildman–Crippen LogP) is 0.548. The second-order valence-electron chi connectivity index (χ2n) is 3.21. The molecule has 1 rings (SSSR count). The molecule has 96 valence electrons. The van der Waals surface area contributed by atoms with E-state index in [1.165, 1.54) is 6.07 Å². The molecule has 0 radical (unpaired) electrons. The number of hydrogen-bond acceptors (Lipinski definition) is 4. The van der Waals surface area contributed by atoms with Gasteiger partial charge in [0, 0.05) is 5.56 Å². The van der Waals surface area contributed by atoms with Crippen LogP contribution in [-0.4, -0.2) is 23.5 Å². The highest BCUT2D eigenvalue weighted by Crippen LogP contribution is 2.22. The summed E-state index contributed by atoms with van der Waals surface area (Å²) in [6.45, 7) is -0.355. The van der Waals surface area contributed by atoms with Gasteiger partial charge in [0.2, 0.25) is 0 Å². The number of thiocarbonyl (C=S) groups is 1. The van der Waals surface area contributed by atoms with Crippen molar-refractivity contribution in [2.75, 3.05) is 6.61 Å². The van der Waals surface area contributed by atoms with E-state index >= 15 is 0 Å². The Balaban J connectivity index is 2.64. The maximum atomic E-state index is 11.1. The first-order valence-corrected chi connectivity index (χ1v) is 5.50. The summed E-state index contributed by atoms with van der Waals surface area (Å²) < 4.78 is 5.10. The Morgan fingerprint density at radius 1 is 1.39 bits per heavy atom. The Hall–Kier alpha value is -1.86. The Bertz CT molecular complexity index is 507. The molecule has 1 aromatic carbocycles. The number of carbonyl (C=O) groups is 2. The van der Waals surface area contributed by atoms with Gasteiger partial charge in [-0.15, -0.1) is 0 Å². The molecule has 0 spiro atoms. The van der Waals surface area contributed by atoms with E-state index in [1.54, 1.807) is 12.1 Å². The van der Waals surface area contributed by atoms with Crippen molar-refractivity contribution in [1.29, 1.82) is 0 Å². The maximum absolute atomic E-state index is 11.1. The zero-order chi connectivity index (χ0) is 13.7. The number of nitrogens with two attached hydrogens (primary N) is 2. The second kappa shape index (κ2) is 6.18. The van der Waals surface area contributed by atoms with Crippen molar-refractivity contribution >= 4 is 40.7 Å². The topological polar surface area (TPSA) is 107 Å². The first kappa shape index (κ1) is 14.2. The number of nitrogens with one attached hydrogen (secondary N) is 1. The van der Waals surface area contributed by atoms with Gasteiger partial charge < -0.3 is 16.2 Å². The number of primary amides is 1. The molecule has 6 nitrogen and oxygen atoms in total. The third-order valence-electron chi connectivity index (χ3n) is 1.84. The highest BCUT2D eigenvalue weighted by atomic mass is 35.5. The van der Waals surface area contributed by atoms with Crippen molar-refractivity contribution in [1.82, 2.24) is 5.32 Å². The van der Waals surface area contributed by atoms with Crippen LogP contribution in [-0.2, 0) is 4.79 Å². The molecule has 3 amide bonds. The average molecular weight is 288 g/mol. The van der Waals surface area contributed by atoms with E-state index in [9.17, 15) is 9.59 Å². The molecule has 0 heterocycles. The Kier molecular flexibility index (Phi) is 4.87. The smallest absolute Gasteiger partial charge is 0.318 e. The van der Waals surface area contributed by atoms with Crippen LogP contribution in [0.3, 0.4) is 0 Å². The van der Waals surface area contributed by atoms with E-state index in [4.69, 9.17) is 40.0 Å². The molecule has 0 aromatic heterocycles. The monoisotopic (exact) mass is 287 g/mol. The fraction of sp³-hybridized carbons (Fsp3) is 0.100. The molecule has 5 N–H and O–H groups in total. The van der Waals surface area contributed by atoms with E-state index in [1.807, 2.05) is 5.32 Å². The third kappa shape index (κ3) is 4.19. The minimum atomic E-state index is -0.939. The van der Waals surface area contributed by atoms with Crippen LogP contribution >= 0.6 is 23.8 Å². The van der Waals surface area contributed by atoms with Crippen LogP contribution in [0, 0.1) is 0 Å². The van der Waals surface area contributed by atoms with E-state index in [-0.39, 0.29) is 11.6 Å². The van der Waals surface area contributed by atoms with Crippen LogP contribution in [0.5, 0.6) is 5.75 Å². The largest absolute Gasteiger partial charge is 0.484 e. The second-order valence-corrected chi connectivity index (χ2v) is 4.05. The number of halogens is 1. The highest BCUT2D eigenvalue weighted by Gasteiger charge is 2.08. The average Bonchev–Trinajstić information content (AvgIpc) is 2.25. The van der Waals surface area contributed by atoms with Crippen LogP contribution in [0.25, 0.3) is 0 Å². The molecule has 0 aliphatic carbocycles. The van der Waals surface area contributed by atoms with Gasteiger partial charge in [-0.25, -0.2) is 4.79 Å². The number of amides is 3. The number of rotatable bonds is 4. The molecular formula is C10H10ClN3O3S. The summed E-state index contributed by atoms with van der Waals surface area (Å²) in [6, 6.07) is 3.66. The highest BCUT2D eigenvalue weighted by molar-refractivity contribution is 7.80. The number of imide groups is 1. The number of urea groups is 1. The molecule has 0 unspecified atom stereocenters. The van der Waals surface area contributed by atoms with Crippen LogP contribution in [0.1, 0.15) is 5.56 Å². The van der Waals surface area contributed by atoms with Gasteiger partial charge in [0.05, 0.1) is 5.02 Å². The molecule has 0 atom stereocenters. The van der Waals surface area contributed by atoms with Crippen LogP contribution < -0.4 is 21.5 Å². The molecule has 0 fully saturated rings. The number of ether oxygens (including phenoxy) is 1. The summed E-state index contributed by atoms with van der Waals surface area (Å²) in [7, 11) is 0. The van der Waals surface area contributed by atoms with Gasteiger partial charge >= 0.3 is 6.03 Å². The van der Waals surface area contributed by atoms with Gasteiger partial charge in [0.25, 0.3) is 5.91 Å². The summed E-state index contributed by atoms with van der Waals surface area (Å²) in [4.78, 5) is 21.6. The normalized spacial score (nSPS) is 9.61. The predicted molar refractivity (Wildman–Crippen MR) is 70.6 cm³/mol. The lowest BCUT2D eigenvalue weighted by molar-refractivity contribution is -0.121. The molecule has 0 saturated carbocycles. The third-order valence-corrected chi connectivity index (χ3v) is 2.37. The molecule has 0 aliphatic heterocycles. The van der Waals surface area contributed by atoms with Crippen molar-refractivity contribution < 1.29 is 14.3 Å². The lowest BCUT2D eigenvalue weighted by Crippen LogP contribution is -2.38. The first-order chi connectivity index (χ1) is 8.40. The van der Waals surface area contributed by atoms with Gasteiger partial charge in [-0.1, -0.05) is 23.8 Å². The van der Waals surface area contributed by atoms with Crippen molar-refractivity contribution in [3.63, 3.8) is 0 Å². The lowest BCUT2D eigenvalue weighted by atomic mass is 10.2. The molecule has 8 heteroatoms. The van der Waals surface area contributed by atoms with Crippen molar-refractivity contribution in [2.24, 2.45) is 11.5 Å². The van der Waals surface area contributed by atoms with Crippen molar-refractivity contribution in [2.45, 2.75) is 0 Å². The van der Waals surface area contributed by atoms with E-state index < -0.39 is 11.9 Å². The molecular weight excluding hydrogens is 278 g/mol. The number of benzene rings is 1. The summed E-state index contributed by atoms with van der Waals surface area (Å²) >= 11 is 10.7. The standard InChI is InChI=1S/C10H10ClN3O3S/c11-7-3-5(1-2-6(7)9(12)18)17-4-8(15)14-10(13)16/h1-3H,4H2,(H2,12,18)(H3,13,14,15,16). The summed E-state index contributed by atoms with van der Waals surface area (Å²) in [5.74, 6) is -0.309. The zero-order valence-electron chi connectivity index (χ0n) is 9.10. The Morgan fingerprint density at radius 3 is 2.56 bits per heavy atom. The van der Waals surface area contributed by atoms with Crippen molar-refractivity contribution in [3.8, 4) is 5.75 Å². The lowest BCUT2D eigenvalue weighted by Gasteiger charge is -2.07. The van der Waals surface area contributed by atoms with Gasteiger partial charge in [0.1, 0.15) is 10.7 Å². The van der Waals surface area contributed by atoms with E-state index in [0.717, 1.165) is 0 Å². The van der Waals surface area contributed by atoms with E-state index in [0.29, 0.717) is 16.3 Å². The van der Waals surface area contributed by atoms with Crippen LogP contribution in [0.15, 0.2) is 18.2 Å². The molecule has 1 aromatic rings. The number of carbonyl (C=O) groups excluding carboxylic acids is 2. The fourth-order valence-electron chi connectivity index (χ4n) is 1.11. The Labute approximate surface area is 113 Å². The maximum Gasteiger partial charge on any atom is 0.318 e.